The number of anilines is 1. The molecule has 0 saturated heterocycles. The fourth-order valence-electron chi connectivity index (χ4n) is 3.02. The number of rotatable bonds is 5. The van der Waals surface area contributed by atoms with E-state index in [9.17, 15) is 4.79 Å². The number of carbonyl (C=O) groups excluding carboxylic acids is 1. The van der Waals surface area contributed by atoms with Gasteiger partial charge in [-0.15, -0.1) is 0 Å². The number of carbonyl (C=O) groups is 1. The molecule has 0 fully saturated rings. The lowest BCUT2D eigenvalue weighted by Crippen LogP contribution is -2.16. The SMILES string of the molecule is CC(C)(C)c1noc(CCC(=O)Nc2nc3ccccc3n2-c2ccccc2)n1. The van der Waals surface area contributed by atoms with Gasteiger partial charge in [0.05, 0.1) is 11.0 Å². The third-order valence-electron chi connectivity index (χ3n) is 4.53. The van der Waals surface area contributed by atoms with Crippen LogP contribution < -0.4 is 5.32 Å². The molecule has 1 N–H and O–H groups in total. The van der Waals surface area contributed by atoms with Gasteiger partial charge in [-0.1, -0.05) is 56.3 Å². The molecule has 7 nitrogen and oxygen atoms in total. The number of nitrogens with one attached hydrogen (secondary N) is 1. The number of imidazole rings is 1. The number of aromatic nitrogens is 4. The lowest BCUT2D eigenvalue weighted by atomic mass is 9.96. The Labute approximate surface area is 168 Å². The molecule has 2 heterocycles. The molecule has 2 aromatic carbocycles. The van der Waals surface area contributed by atoms with Gasteiger partial charge in [0.15, 0.2) is 5.82 Å². The Morgan fingerprint density at radius 3 is 2.48 bits per heavy atom. The Hall–Kier alpha value is -3.48. The highest BCUT2D eigenvalue weighted by molar-refractivity contribution is 5.92. The van der Waals surface area contributed by atoms with Crippen LogP contribution in [0.5, 0.6) is 0 Å². The number of aryl methyl sites for hydroxylation is 1. The smallest absolute Gasteiger partial charge is 0.227 e. The number of amides is 1. The van der Waals surface area contributed by atoms with Gasteiger partial charge in [-0.2, -0.15) is 4.98 Å². The van der Waals surface area contributed by atoms with Crippen molar-refractivity contribution in [2.45, 2.75) is 39.0 Å². The maximum absolute atomic E-state index is 12.6. The summed E-state index contributed by atoms with van der Waals surface area (Å²) in [5.41, 5.74) is 2.49. The monoisotopic (exact) mass is 389 g/mol. The molecule has 0 unspecified atom stereocenters. The van der Waals surface area contributed by atoms with Crippen LogP contribution >= 0.6 is 0 Å². The average Bonchev–Trinajstić information content (AvgIpc) is 3.31. The highest BCUT2D eigenvalue weighted by atomic mass is 16.5. The van der Waals surface area contributed by atoms with Crippen LogP contribution in [-0.2, 0) is 16.6 Å². The fraction of sp³-hybridized carbons (Fsp3) is 0.273. The molecule has 1 amide bonds. The summed E-state index contributed by atoms with van der Waals surface area (Å²) in [4.78, 5) is 21.6. The number of hydrogen-bond acceptors (Lipinski definition) is 5. The first kappa shape index (κ1) is 18.9. The molecule has 4 aromatic rings. The van der Waals surface area contributed by atoms with Crippen LogP contribution in [0.4, 0.5) is 5.95 Å². The molecule has 0 aliphatic carbocycles. The topological polar surface area (TPSA) is 85.8 Å². The van der Waals surface area contributed by atoms with E-state index in [2.05, 4.69) is 20.4 Å². The highest BCUT2D eigenvalue weighted by Gasteiger charge is 2.21. The van der Waals surface area contributed by atoms with E-state index < -0.39 is 0 Å². The first-order valence-corrected chi connectivity index (χ1v) is 9.57. The lowest BCUT2D eigenvalue weighted by molar-refractivity contribution is -0.116. The van der Waals surface area contributed by atoms with E-state index in [1.807, 2.05) is 79.9 Å². The van der Waals surface area contributed by atoms with Crippen molar-refractivity contribution in [1.82, 2.24) is 19.7 Å². The third-order valence-corrected chi connectivity index (χ3v) is 4.53. The summed E-state index contributed by atoms with van der Waals surface area (Å²) >= 11 is 0. The van der Waals surface area contributed by atoms with Crippen LogP contribution in [0.3, 0.4) is 0 Å². The van der Waals surface area contributed by atoms with E-state index in [0.717, 1.165) is 16.7 Å². The Morgan fingerprint density at radius 1 is 1.03 bits per heavy atom. The van der Waals surface area contributed by atoms with E-state index in [4.69, 9.17) is 4.52 Å². The van der Waals surface area contributed by atoms with Crippen LogP contribution in [0.2, 0.25) is 0 Å². The summed E-state index contributed by atoms with van der Waals surface area (Å²) in [6.45, 7) is 6.05. The van der Waals surface area contributed by atoms with Crippen molar-refractivity contribution < 1.29 is 9.32 Å². The lowest BCUT2D eigenvalue weighted by Gasteiger charge is -2.11. The second-order valence-electron chi connectivity index (χ2n) is 7.90. The first-order chi connectivity index (χ1) is 13.9. The van der Waals surface area contributed by atoms with Gasteiger partial charge in [0, 0.05) is 23.9 Å². The average molecular weight is 389 g/mol. The van der Waals surface area contributed by atoms with Crippen molar-refractivity contribution in [1.29, 1.82) is 0 Å². The molecule has 0 radical (unpaired) electrons. The summed E-state index contributed by atoms with van der Waals surface area (Å²) in [6.07, 6.45) is 0.601. The van der Waals surface area contributed by atoms with Crippen molar-refractivity contribution in [3.63, 3.8) is 0 Å². The molecule has 29 heavy (non-hydrogen) atoms. The summed E-state index contributed by atoms with van der Waals surface area (Å²) in [5, 5.41) is 6.93. The predicted octanol–water partition coefficient (Wildman–Crippen LogP) is 4.28. The molecule has 0 aliphatic heterocycles. The fourth-order valence-corrected chi connectivity index (χ4v) is 3.02. The van der Waals surface area contributed by atoms with E-state index in [-0.39, 0.29) is 17.7 Å². The van der Waals surface area contributed by atoms with Crippen LogP contribution in [0.25, 0.3) is 16.7 Å². The number of nitrogens with zero attached hydrogens (tertiary/aromatic N) is 4. The summed E-state index contributed by atoms with van der Waals surface area (Å²) in [7, 11) is 0. The molecule has 7 heteroatoms. The quantitative estimate of drug-likeness (QED) is 0.551. The number of benzene rings is 2. The Kier molecular flexibility index (Phi) is 4.88. The van der Waals surface area contributed by atoms with Crippen LogP contribution in [0, 0.1) is 0 Å². The van der Waals surface area contributed by atoms with Crippen molar-refractivity contribution >= 4 is 22.9 Å². The molecular weight excluding hydrogens is 366 g/mol. The minimum absolute atomic E-state index is 0.159. The summed E-state index contributed by atoms with van der Waals surface area (Å²) < 4.78 is 7.21. The van der Waals surface area contributed by atoms with Gasteiger partial charge >= 0.3 is 0 Å². The zero-order valence-electron chi connectivity index (χ0n) is 16.7. The zero-order chi connectivity index (χ0) is 20.4. The van der Waals surface area contributed by atoms with E-state index in [1.54, 1.807) is 0 Å². The van der Waals surface area contributed by atoms with Crippen molar-refractivity contribution in [3.05, 3.63) is 66.3 Å². The van der Waals surface area contributed by atoms with E-state index in [1.165, 1.54) is 0 Å². The van der Waals surface area contributed by atoms with Gasteiger partial charge in [-0.3, -0.25) is 14.7 Å². The number of fused-ring (bicyclic) bond motifs is 1. The second kappa shape index (κ2) is 7.50. The normalized spacial score (nSPS) is 11.7. The van der Waals surface area contributed by atoms with Gasteiger partial charge in [-0.25, -0.2) is 4.98 Å². The van der Waals surface area contributed by atoms with Crippen LogP contribution in [0.15, 0.2) is 59.1 Å². The largest absolute Gasteiger partial charge is 0.339 e. The summed E-state index contributed by atoms with van der Waals surface area (Å²) in [5.74, 6) is 1.43. The first-order valence-electron chi connectivity index (χ1n) is 9.57. The molecule has 148 valence electrons. The second-order valence-corrected chi connectivity index (χ2v) is 7.90. The highest BCUT2D eigenvalue weighted by Crippen LogP contribution is 2.25. The zero-order valence-corrected chi connectivity index (χ0v) is 16.7. The molecule has 0 bridgehead atoms. The van der Waals surface area contributed by atoms with E-state index in [0.29, 0.717) is 24.1 Å². The number of hydrogen-bond donors (Lipinski definition) is 1. The minimum atomic E-state index is -0.190. The maximum Gasteiger partial charge on any atom is 0.227 e. The Balaban J connectivity index is 1.53. The van der Waals surface area contributed by atoms with Gasteiger partial charge in [0.25, 0.3) is 0 Å². The molecular formula is C22H23N5O2. The van der Waals surface area contributed by atoms with Crippen LogP contribution in [0.1, 0.15) is 38.9 Å². The number of para-hydroxylation sites is 3. The van der Waals surface area contributed by atoms with Crippen molar-refractivity contribution in [2.75, 3.05) is 5.32 Å². The van der Waals surface area contributed by atoms with Crippen molar-refractivity contribution in [2.24, 2.45) is 0 Å². The van der Waals surface area contributed by atoms with Crippen LogP contribution in [-0.4, -0.2) is 25.6 Å². The predicted molar refractivity (Wildman–Crippen MR) is 111 cm³/mol. The van der Waals surface area contributed by atoms with Gasteiger partial charge in [0.1, 0.15) is 0 Å². The molecule has 0 saturated carbocycles. The molecule has 4 rings (SSSR count). The molecule has 0 aliphatic rings. The molecule has 0 spiro atoms. The van der Waals surface area contributed by atoms with Crippen molar-refractivity contribution in [3.8, 4) is 5.69 Å². The summed E-state index contributed by atoms with van der Waals surface area (Å²) in [6, 6.07) is 17.6. The Bertz CT molecular complexity index is 1140. The van der Waals surface area contributed by atoms with Gasteiger partial charge in [0.2, 0.25) is 17.7 Å². The molecule has 2 aromatic heterocycles. The minimum Gasteiger partial charge on any atom is -0.339 e. The maximum atomic E-state index is 12.6. The van der Waals surface area contributed by atoms with Gasteiger partial charge in [-0.05, 0) is 24.3 Å². The van der Waals surface area contributed by atoms with Gasteiger partial charge < -0.3 is 4.52 Å². The Morgan fingerprint density at radius 2 is 1.76 bits per heavy atom. The third kappa shape index (κ3) is 4.03. The van der Waals surface area contributed by atoms with E-state index >= 15 is 0 Å². The molecule has 0 atom stereocenters. The standard InChI is InChI=1S/C22H23N5O2/c1-22(2,3)20-25-19(29-26-20)14-13-18(28)24-21-23-16-11-7-8-12-17(16)27(21)15-9-5-4-6-10-15/h4-12H,13-14H2,1-3H3,(H,23,24,28).